The number of nitrogens with zero attached hydrogens (tertiary/aromatic N) is 3. The van der Waals surface area contributed by atoms with Crippen molar-refractivity contribution in [1.29, 1.82) is 5.26 Å². The molecule has 1 aliphatic rings. The van der Waals surface area contributed by atoms with Crippen LogP contribution in [0.4, 0.5) is 5.69 Å². The third-order valence-electron chi connectivity index (χ3n) is 6.68. The first kappa shape index (κ1) is 25.2. The van der Waals surface area contributed by atoms with E-state index in [-0.39, 0.29) is 19.1 Å². The van der Waals surface area contributed by atoms with Crippen molar-refractivity contribution < 1.29 is 14.3 Å². The molecule has 1 aliphatic heterocycles. The molecule has 2 heterocycles. The molecule has 1 fully saturated rings. The number of nitriles is 1. The first-order chi connectivity index (χ1) is 17.4. The quantitative estimate of drug-likeness (QED) is 0.395. The van der Waals surface area contributed by atoms with Gasteiger partial charge < -0.3 is 19.9 Å². The van der Waals surface area contributed by atoms with E-state index in [0.717, 1.165) is 46.5 Å². The Hall–Kier alpha value is -3.90. The van der Waals surface area contributed by atoms with E-state index >= 15 is 0 Å². The molecule has 4 rings (SSSR count). The molecule has 188 valence electrons. The van der Waals surface area contributed by atoms with Crippen LogP contribution < -0.4 is 10.6 Å². The predicted octanol–water partition coefficient (Wildman–Crippen LogP) is 3.35. The number of rotatable bonds is 9. The summed E-state index contributed by atoms with van der Waals surface area (Å²) in [6.45, 7) is 7.67. The maximum Gasteiger partial charge on any atom is 0.319 e. The average Bonchev–Trinajstić information content (AvgIpc) is 3.57. The Bertz CT molecular complexity index is 1290. The summed E-state index contributed by atoms with van der Waals surface area (Å²) in [7, 11) is 0. The summed E-state index contributed by atoms with van der Waals surface area (Å²) in [5.74, 6) is 0.305. The molecule has 2 aromatic carbocycles. The van der Waals surface area contributed by atoms with Gasteiger partial charge in [0.2, 0.25) is 5.91 Å². The van der Waals surface area contributed by atoms with Crippen LogP contribution in [0.5, 0.6) is 0 Å². The number of nitrogens with one attached hydrogen (secondary N) is 3. The number of H-pyrrole nitrogens is 1. The Labute approximate surface area is 210 Å². The van der Waals surface area contributed by atoms with Gasteiger partial charge in [-0.2, -0.15) is 5.26 Å². The van der Waals surface area contributed by atoms with Crippen LogP contribution in [0.3, 0.4) is 0 Å². The van der Waals surface area contributed by atoms with Crippen molar-refractivity contribution in [2.45, 2.75) is 45.7 Å². The summed E-state index contributed by atoms with van der Waals surface area (Å²) in [6, 6.07) is 13.2. The summed E-state index contributed by atoms with van der Waals surface area (Å²) in [6.07, 6.45) is 1.96. The van der Waals surface area contributed by atoms with E-state index in [4.69, 9.17) is 15.0 Å². The Morgan fingerprint density at radius 3 is 2.58 bits per heavy atom. The van der Waals surface area contributed by atoms with E-state index in [1.165, 1.54) is 0 Å². The van der Waals surface area contributed by atoms with Gasteiger partial charge in [-0.1, -0.05) is 6.07 Å². The Balaban J connectivity index is 1.61. The predicted molar refractivity (Wildman–Crippen MR) is 137 cm³/mol. The zero-order valence-electron chi connectivity index (χ0n) is 21.0. The minimum absolute atomic E-state index is 0.0509. The van der Waals surface area contributed by atoms with Gasteiger partial charge in [0.1, 0.15) is 11.4 Å². The number of ether oxygens (including phenoxy) is 1. The Morgan fingerprint density at radius 2 is 1.92 bits per heavy atom. The fourth-order valence-corrected chi connectivity index (χ4v) is 4.72. The van der Waals surface area contributed by atoms with Gasteiger partial charge in [-0.25, -0.2) is 4.98 Å². The third kappa shape index (κ3) is 5.19. The van der Waals surface area contributed by atoms with E-state index in [2.05, 4.69) is 21.7 Å². The summed E-state index contributed by atoms with van der Waals surface area (Å²) in [5, 5.41) is 15.5. The molecule has 9 nitrogen and oxygen atoms in total. The van der Waals surface area contributed by atoms with E-state index in [9.17, 15) is 9.59 Å². The second-order valence-electron chi connectivity index (χ2n) is 9.14. The molecule has 1 aromatic heterocycles. The zero-order chi connectivity index (χ0) is 25.7. The summed E-state index contributed by atoms with van der Waals surface area (Å²) < 4.78 is 5.09. The molecule has 1 unspecified atom stereocenters. The molecule has 3 aromatic rings. The lowest BCUT2D eigenvalue weighted by atomic mass is 9.86. The monoisotopic (exact) mass is 488 g/mol. The maximum absolute atomic E-state index is 13.7. The number of imidazole rings is 1. The average molecular weight is 489 g/mol. The van der Waals surface area contributed by atoms with Crippen molar-refractivity contribution in [3.05, 3.63) is 58.9 Å². The largest absolute Gasteiger partial charge is 0.465 e. The molecule has 3 N–H and O–H groups in total. The van der Waals surface area contributed by atoms with Crippen LogP contribution in [-0.4, -0.2) is 53.0 Å². The highest BCUT2D eigenvalue weighted by molar-refractivity contribution is 5.91. The normalized spacial score (nSPS) is 14.9. The number of hydrogen-bond acceptors (Lipinski definition) is 7. The second kappa shape index (κ2) is 10.8. The van der Waals surface area contributed by atoms with Gasteiger partial charge in [-0.3, -0.25) is 14.9 Å². The highest BCUT2D eigenvalue weighted by Crippen LogP contribution is 2.32. The van der Waals surface area contributed by atoms with Gasteiger partial charge in [-0.15, -0.1) is 0 Å². The number of amides is 1. The fourth-order valence-electron chi connectivity index (χ4n) is 4.72. The number of aromatic amines is 1. The van der Waals surface area contributed by atoms with Gasteiger partial charge in [-0.05, 0) is 75.1 Å². The van der Waals surface area contributed by atoms with Crippen LogP contribution >= 0.6 is 0 Å². The van der Waals surface area contributed by atoms with Gasteiger partial charge >= 0.3 is 5.97 Å². The third-order valence-corrected chi connectivity index (χ3v) is 6.68. The van der Waals surface area contributed by atoms with Crippen LogP contribution in [0.15, 0.2) is 36.4 Å². The number of carbonyl (C=O) groups excluding carboxylic acids is 2. The number of carbonyl (C=O) groups is 2. The van der Waals surface area contributed by atoms with Crippen molar-refractivity contribution in [2.75, 3.05) is 31.6 Å². The second-order valence-corrected chi connectivity index (χ2v) is 9.14. The van der Waals surface area contributed by atoms with E-state index in [0.29, 0.717) is 25.2 Å². The molecule has 1 atom stereocenters. The standard InChI is InChI=1S/C27H32N6O3/c1-4-36-24(34)17-30-27(3,26(35)33-13-5-6-14-33)21-11-12-22-25(18(21)2)32-23(31-22)16-29-20-9-7-19(15-28)8-10-20/h7-12,29-30H,4-6,13-14,16-17H2,1-3H3,(H,31,32). The van der Waals surface area contributed by atoms with Crippen molar-refractivity contribution >= 4 is 28.6 Å². The molecule has 1 amide bonds. The van der Waals surface area contributed by atoms with E-state index in [1.54, 1.807) is 19.1 Å². The highest BCUT2D eigenvalue weighted by Gasteiger charge is 2.41. The van der Waals surface area contributed by atoms with Crippen LogP contribution in [-0.2, 0) is 26.4 Å². The van der Waals surface area contributed by atoms with Crippen molar-refractivity contribution in [3.8, 4) is 6.07 Å². The maximum atomic E-state index is 13.7. The lowest BCUT2D eigenvalue weighted by molar-refractivity contribution is -0.143. The number of anilines is 1. The first-order valence-electron chi connectivity index (χ1n) is 12.3. The molecular formula is C27H32N6O3. The molecule has 36 heavy (non-hydrogen) atoms. The lowest BCUT2D eigenvalue weighted by Gasteiger charge is -2.35. The Kier molecular flexibility index (Phi) is 7.55. The zero-order valence-corrected chi connectivity index (χ0v) is 21.0. The molecule has 0 saturated carbocycles. The van der Waals surface area contributed by atoms with Crippen LogP contribution in [0, 0.1) is 18.3 Å². The summed E-state index contributed by atoms with van der Waals surface area (Å²) in [5.41, 5.74) is 3.70. The van der Waals surface area contributed by atoms with Gasteiger partial charge in [0.05, 0.1) is 42.4 Å². The van der Waals surface area contributed by atoms with Crippen molar-refractivity contribution in [1.82, 2.24) is 20.2 Å². The molecule has 0 radical (unpaired) electrons. The van der Waals surface area contributed by atoms with Gasteiger partial charge in [0.25, 0.3) is 0 Å². The fraction of sp³-hybridized carbons (Fsp3) is 0.407. The number of aryl methyl sites for hydroxylation is 1. The van der Waals surface area contributed by atoms with Crippen LogP contribution in [0.1, 0.15) is 49.2 Å². The van der Waals surface area contributed by atoms with Gasteiger partial charge in [0.15, 0.2) is 0 Å². The van der Waals surface area contributed by atoms with Gasteiger partial charge in [0, 0.05) is 18.8 Å². The van der Waals surface area contributed by atoms with Crippen molar-refractivity contribution in [2.24, 2.45) is 0 Å². The number of hydrogen-bond donors (Lipinski definition) is 3. The molecular weight excluding hydrogens is 456 g/mol. The Morgan fingerprint density at radius 1 is 1.19 bits per heavy atom. The summed E-state index contributed by atoms with van der Waals surface area (Å²) >= 11 is 0. The highest BCUT2D eigenvalue weighted by atomic mass is 16.5. The number of fused-ring (bicyclic) bond motifs is 1. The number of likely N-dealkylation sites (tertiary alicyclic amines) is 1. The minimum atomic E-state index is -1.10. The topological polar surface area (TPSA) is 123 Å². The lowest BCUT2D eigenvalue weighted by Crippen LogP contribution is -2.54. The first-order valence-corrected chi connectivity index (χ1v) is 12.3. The van der Waals surface area contributed by atoms with E-state index in [1.807, 2.05) is 43.0 Å². The number of benzene rings is 2. The molecule has 1 saturated heterocycles. The number of esters is 1. The SMILES string of the molecule is CCOC(=O)CNC(C)(C(=O)N1CCCC1)c1ccc2[nH]c(CNc3ccc(C#N)cc3)nc2c1C. The van der Waals surface area contributed by atoms with E-state index < -0.39 is 11.5 Å². The smallest absolute Gasteiger partial charge is 0.319 e. The molecule has 0 spiro atoms. The van der Waals surface area contributed by atoms with Crippen LogP contribution in [0.2, 0.25) is 0 Å². The minimum Gasteiger partial charge on any atom is -0.465 e. The van der Waals surface area contributed by atoms with Crippen molar-refractivity contribution in [3.63, 3.8) is 0 Å². The molecule has 0 aliphatic carbocycles. The van der Waals surface area contributed by atoms with Crippen LogP contribution in [0.25, 0.3) is 11.0 Å². The molecule has 0 bridgehead atoms. The molecule has 9 heteroatoms. The number of aromatic nitrogens is 2. The summed E-state index contributed by atoms with van der Waals surface area (Å²) in [4.78, 5) is 35.8.